The molecule has 2 atom stereocenters. The first kappa shape index (κ1) is 30.3. The molecule has 0 saturated carbocycles. The van der Waals surface area contributed by atoms with Gasteiger partial charge < -0.3 is 14.9 Å². The third kappa shape index (κ3) is 8.87. The van der Waals surface area contributed by atoms with Crippen LogP contribution in [-0.2, 0) is 19.6 Å². The first-order chi connectivity index (χ1) is 17.0. The molecular formula is C26H36FN3O6S. The topological polar surface area (TPSA) is 130 Å². The van der Waals surface area contributed by atoms with Crippen molar-refractivity contribution in [3.63, 3.8) is 0 Å². The van der Waals surface area contributed by atoms with E-state index in [-0.39, 0.29) is 36.0 Å². The van der Waals surface area contributed by atoms with Gasteiger partial charge in [0.1, 0.15) is 11.4 Å². The minimum Gasteiger partial charge on any atom is -0.460 e. The normalized spacial score (nSPS) is 14.1. The molecule has 2 aromatic rings. The second-order valence-electron chi connectivity index (χ2n) is 10.1. The number of anilines is 1. The van der Waals surface area contributed by atoms with Crippen molar-refractivity contribution in [2.75, 3.05) is 17.6 Å². The summed E-state index contributed by atoms with van der Waals surface area (Å²) in [5, 5.41) is 20.8. The number of rotatable bonds is 10. The number of ether oxygens (including phenoxy) is 1. The second kappa shape index (κ2) is 12.1. The molecule has 0 fully saturated rings. The summed E-state index contributed by atoms with van der Waals surface area (Å²) in [5.74, 6) is -1.48. The fourth-order valence-corrected chi connectivity index (χ4v) is 3.83. The summed E-state index contributed by atoms with van der Waals surface area (Å²) in [5.41, 5.74) is 0.431. The Hall–Kier alpha value is -2.89. The van der Waals surface area contributed by atoms with E-state index in [2.05, 4.69) is 9.97 Å². The molecule has 0 unspecified atom stereocenters. The predicted octanol–water partition coefficient (Wildman–Crippen LogP) is 3.66. The highest BCUT2D eigenvalue weighted by Crippen LogP contribution is 2.32. The number of nitrogens with zero attached hydrogens (tertiary/aromatic N) is 3. The van der Waals surface area contributed by atoms with E-state index in [0.29, 0.717) is 11.3 Å². The van der Waals surface area contributed by atoms with Gasteiger partial charge in [0.05, 0.1) is 36.3 Å². The molecule has 11 heteroatoms. The summed E-state index contributed by atoms with van der Waals surface area (Å²) in [4.78, 5) is 20.8. The average molecular weight is 538 g/mol. The first-order valence-corrected chi connectivity index (χ1v) is 13.7. The number of carbonyl (C=O) groups excluding carboxylic acids is 1. The lowest BCUT2D eigenvalue weighted by atomic mass is 9.97. The summed E-state index contributed by atoms with van der Waals surface area (Å²) in [6.07, 6.45) is 1.21. The van der Waals surface area contributed by atoms with Crippen molar-refractivity contribution in [3.8, 4) is 11.3 Å². The molecule has 0 aliphatic carbocycles. The number of aromatic nitrogens is 2. The highest BCUT2D eigenvalue weighted by molar-refractivity contribution is 7.92. The van der Waals surface area contributed by atoms with Gasteiger partial charge in [0.2, 0.25) is 16.0 Å². The highest BCUT2D eigenvalue weighted by Gasteiger charge is 2.24. The van der Waals surface area contributed by atoms with E-state index in [1.54, 1.807) is 26.8 Å². The van der Waals surface area contributed by atoms with Crippen LogP contribution in [0, 0.1) is 5.82 Å². The Morgan fingerprint density at radius 2 is 1.81 bits per heavy atom. The number of hydrogen-bond acceptors (Lipinski definition) is 8. The van der Waals surface area contributed by atoms with Gasteiger partial charge in [-0.2, -0.15) is 0 Å². The van der Waals surface area contributed by atoms with Crippen molar-refractivity contribution >= 4 is 28.0 Å². The lowest BCUT2D eigenvalue weighted by Gasteiger charge is -2.21. The molecule has 0 saturated heterocycles. The van der Waals surface area contributed by atoms with E-state index in [1.807, 2.05) is 13.8 Å². The molecular weight excluding hydrogens is 501 g/mol. The maximum Gasteiger partial charge on any atom is 0.308 e. The smallest absolute Gasteiger partial charge is 0.308 e. The van der Waals surface area contributed by atoms with Gasteiger partial charge in [-0.3, -0.25) is 4.79 Å². The van der Waals surface area contributed by atoms with E-state index in [4.69, 9.17) is 4.74 Å². The number of aliphatic hydroxyl groups excluding tert-OH is 2. The average Bonchev–Trinajstić information content (AvgIpc) is 2.74. The third-order valence-electron chi connectivity index (χ3n) is 5.24. The lowest BCUT2D eigenvalue weighted by Crippen LogP contribution is -2.28. The van der Waals surface area contributed by atoms with Crippen LogP contribution >= 0.6 is 0 Å². The SMILES string of the molecule is CC(C)c1nc(N(C)S(C)(=O)=O)nc(-c2ccccc2F)c1/C=C/[C@@H](O)C[C@@H](O)CC(=O)OC(C)(C)C. The van der Waals surface area contributed by atoms with Crippen LogP contribution in [0.4, 0.5) is 10.3 Å². The molecule has 0 aliphatic rings. The molecule has 0 radical (unpaired) electrons. The van der Waals surface area contributed by atoms with Gasteiger partial charge in [0, 0.05) is 24.6 Å². The van der Waals surface area contributed by atoms with Crippen molar-refractivity contribution in [2.24, 2.45) is 0 Å². The molecule has 0 aliphatic heterocycles. The van der Waals surface area contributed by atoms with Crippen LogP contribution in [0.1, 0.15) is 64.6 Å². The Bertz CT molecular complexity index is 1240. The van der Waals surface area contributed by atoms with E-state index in [1.165, 1.54) is 37.4 Å². The van der Waals surface area contributed by atoms with Gasteiger partial charge >= 0.3 is 5.97 Å². The van der Waals surface area contributed by atoms with Crippen LogP contribution in [0.25, 0.3) is 17.3 Å². The first-order valence-electron chi connectivity index (χ1n) is 11.9. The number of aliphatic hydroxyl groups is 2. The molecule has 1 aromatic carbocycles. The van der Waals surface area contributed by atoms with E-state index < -0.39 is 39.6 Å². The van der Waals surface area contributed by atoms with Crippen LogP contribution < -0.4 is 4.31 Å². The molecule has 2 rings (SSSR count). The van der Waals surface area contributed by atoms with Gasteiger partial charge in [-0.25, -0.2) is 27.1 Å². The fraction of sp³-hybridized carbons (Fsp3) is 0.500. The van der Waals surface area contributed by atoms with Crippen LogP contribution in [0.5, 0.6) is 0 Å². The quantitative estimate of drug-likeness (QED) is 0.439. The maximum atomic E-state index is 14.8. The van der Waals surface area contributed by atoms with Gasteiger partial charge in [-0.05, 0) is 38.8 Å². The Kier molecular flexibility index (Phi) is 9.92. The number of carbonyl (C=O) groups is 1. The van der Waals surface area contributed by atoms with Crippen LogP contribution in [-0.4, -0.2) is 65.7 Å². The zero-order valence-electron chi connectivity index (χ0n) is 22.3. The zero-order valence-corrected chi connectivity index (χ0v) is 23.1. The number of esters is 1. The summed E-state index contributed by atoms with van der Waals surface area (Å²) >= 11 is 0. The minimum absolute atomic E-state index is 0.116. The molecule has 204 valence electrons. The standard InChI is InChI=1S/C26H36FN3O6S/c1-16(2)23-20(13-12-17(31)14-18(32)15-22(33)36-26(3,4)5)24(19-10-8-9-11-21(19)27)29-25(28-23)30(6)37(7,34)35/h8-13,16-18,31-32H,14-15H2,1-7H3/b13-12+/t17-,18-/m1/s1. The van der Waals surface area contributed by atoms with E-state index in [9.17, 15) is 27.8 Å². The van der Waals surface area contributed by atoms with E-state index in [0.717, 1.165) is 10.6 Å². The van der Waals surface area contributed by atoms with Crippen LogP contribution in [0.15, 0.2) is 30.3 Å². The largest absolute Gasteiger partial charge is 0.460 e. The second-order valence-corrected chi connectivity index (χ2v) is 12.2. The number of benzene rings is 1. The van der Waals surface area contributed by atoms with Gasteiger partial charge in [0.15, 0.2) is 0 Å². The predicted molar refractivity (Wildman–Crippen MR) is 141 cm³/mol. The Morgan fingerprint density at radius 1 is 1.19 bits per heavy atom. The van der Waals surface area contributed by atoms with Crippen molar-refractivity contribution in [1.29, 1.82) is 0 Å². The lowest BCUT2D eigenvalue weighted by molar-refractivity contribution is -0.157. The van der Waals surface area contributed by atoms with E-state index >= 15 is 0 Å². The van der Waals surface area contributed by atoms with Crippen molar-refractivity contribution in [3.05, 3.63) is 47.4 Å². The van der Waals surface area contributed by atoms with Crippen LogP contribution in [0.3, 0.4) is 0 Å². The molecule has 0 amide bonds. The van der Waals surface area contributed by atoms with Crippen molar-refractivity contribution in [1.82, 2.24) is 9.97 Å². The number of halogens is 1. The summed E-state index contributed by atoms with van der Waals surface area (Å²) in [7, 11) is -2.38. The molecule has 0 spiro atoms. The van der Waals surface area contributed by atoms with Gasteiger partial charge in [-0.15, -0.1) is 0 Å². The monoisotopic (exact) mass is 537 g/mol. The Labute approximate surface area is 218 Å². The molecule has 1 aromatic heterocycles. The Balaban J connectivity index is 2.48. The third-order valence-corrected chi connectivity index (χ3v) is 6.40. The van der Waals surface area contributed by atoms with Crippen molar-refractivity contribution < 1.29 is 32.6 Å². The van der Waals surface area contributed by atoms with Gasteiger partial charge in [-0.1, -0.05) is 38.1 Å². The zero-order chi connectivity index (χ0) is 28.1. The number of sulfonamides is 1. The highest BCUT2D eigenvalue weighted by atomic mass is 32.2. The number of hydrogen-bond donors (Lipinski definition) is 2. The molecule has 37 heavy (non-hydrogen) atoms. The molecule has 0 bridgehead atoms. The molecule has 1 heterocycles. The molecule has 2 N–H and O–H groups in total. The van der Waals surface area contributed by atoms with Crippen LogP contribution in [0.2, 0.25) is 0 Å². The summed E-state index contributed by atoms with van der Waals surface area (Å²) in [6, 6.07) is 5.94. The molecule has 9 nitrogen and oxygen atoms in total. The summed E-state index contributed by atoms with van der Waals surface area (Å²) in [6.45, 7) is 8.84. The fourth-order valence-electron chi connectivity index (χ4n) is 3.45. The summed E-state index contributed by atoms with van der Waals surface area (Å²) < 4.78 is 45.2. The maximum absolute atomic E-state index is 14.8. The Morgan fingerprint density at radius 3 is 2.35 bits per heavy atom. The minimum atomic E-state index is -3.69. The van der Waals surface area contributed by atoms with Crippen molar-refractivity contribution in [2.45, 2.75) is 71.2 Å². The van der Waals surface area contributed by atoms with Gasteiger partial charge in [0.25, 0.3) is 0 Å².